The number of amides is 1. The number of hydrogen-bond acceptors (Lipinski definition) is 3. The second kappa shape index (κ2) is 11.3. The average molecular weight is 321 g/mol. The van der Waals surface area contributed by atoms with Crippen LogP contribution >= 0.6 is 0 Å². The first-order valence-electron chi connectivity index (χ1n) is 8.06. The van der Waals surface area contributed by atoms with Gasteiger partial charge in [0.05, 0.1) is 6.54 Å². The third kappa shape index (κ3) is 7.50. The van der Waals surface area contributed by atoms with Crippen LogP contribution in [0, 0.1) is 11.8 Å². The molecular formula is C17H27N3O3. The van der Waals surface area contributed by atoms with Crippen LogP contribution in [0.1, 0.15) is 65.5 Å². The molecule has 1 rings (SSSR count). The summed E-state index contributed by atoms with van der Waals surface area (Å²) in [4.78, 5) is 36.8. The van der Waals surface area contributed by atoms with Crippen molar-refractivity contribution >= 4 is 5.91 Å². The lowest BCUT2D eigenvalue weighted by Crippen LogP contribution is -2.32. The summed E-state index contributed by atoms with van der Waals surface area (Å²) in [7, 11) is 0. The Morgan fingerprint density at radius 3 is 2.57 bits per heavy atom. The second-order valence-electron chi connectivity index (χ2n) is 4.99. The van der Waals surface area contributed by atoms with Gasteiger partial charge in [-0.1, -0.05) is 39.0 Å². The summed E-state index contributed by atoms with van der Waals surface area (Å²) in [5.74, 6) is 5.35. The molecule has 0 aromatic carbocycles. The van der Waals surface area contributed by atoms with E-state index in [1.54, 1.807) is 0 Å². The Labute approximate surface area is 137 Å². The molecule has 1 amide bonds. The van der Waals surface area contributed by atoms with Crippen LogP contribution in [0.3, 0.4) is 0 Å². The zero-order valence-electron chi connectivity index (χ0n) is 14.7. The molecule has 0 saturated carbocycles. The highest BCUT2D eigenvalue weighted by molar-refractivity contribution is 5.76. The number of aromatic nitrogens is 2. The number of aromatic amines is 1. The molecule has 0 aliphatic heterocycles. The Balaban J connectivity index is 0.00000232. The molecule has 0 fully saturated rings. The van der Waals surface area contributed by atoms with E-state index >= 15 is 0 Å². The molecule has 0 aliphatic rings. The Bertz CT molecular complexity index is 660. The molecule has 0 radical (unpaired) electrons. The summed E-state index contributed by atoms with van der Waals surface area (Å²) >= 11 is 0. The van der Waals surface area contributed by atoms with Crippen molar-refractivity contribution in [3.8, 4) is 11.8 Å². The Morgan fingerprint density at radius 1 is 1.35 bits per heavy atom. The molecule has 0 aliphatic carbocycles. The fourth-order valence-corrected chi connectivity index (χ4v) is 1.67. The van der Waals surface area contributed by atoms with E-state index in [0.717, 1.165) is 12.8 Å². The van der Waals surface area contributed by atoms with Crippen molar-refractivity contribution < 1.29 is 4.79 Å². The summed E-state index contributed by atoms with van der Waals surface area (Å²) in [6, 6.07) is -0.0661. The maximum absolute atomic E-state index is 11.6. The number of carbonyl (C=O) groups is 1. The maximum atomic E-state index is 11.6. The van der Waals surface area contributed by atoms with E-state index in [4.69, 9.17) is 0 Å². The van der Waals surface area contributed by atoms with Gasteiger partial charge in [-0.2, -0.15) is 0 Å². The molecule has 6 nitrogen and oxygen atoms in total. The minimum absolute atomic E-state index is 0.0489. The predicted molar refractivity (Wildman–Crippen MR) is 92.5 cm³/mol. The van der Waals surface area contributed by atoms with E-state index < -0.39 is 11.2 Å². The van der Waals surface area contributed by atoms with Crippen molar-refractivity contribution in [3.05, 3.63) is 32.6 Å². The van der Waals surface area contributed by atoms with Gasteiger partial charge in [0.25, 0.3) is 5.56 Å². The molecule has 0 atom stereocenters. The third-order valence-electron chi connectivity index (χ3n) is 2.88. The number of H-pyrrole nitrogens is 1. The standard InChI is InChI=1S/C15H21N3O3.C2H6/c1-4-5-8-13(19)16-9-6-7-12-10-18(11(2)3)15(21)17-14(12)20;1-2/h10-11H,4-5,8-9H2,1-3H3,(H,16,19)(H,17,20,21);1-2H3. The highest BCUT2D eigenvalue weighted by atomic mass is 16.2. The van der Waals surface area contributed by atoms with Gasteiger partial charge < -0.3 is 5.32 Å². The summed E-state index contributed by atoms with van der Waals surface area (Å²) < 4.78 is 1.41. The van der Waals surface area contributed by atoms with Gasteiger partial charge in [0.2, 0.25) is 5.91 Å². The van der Waals surface area contributed by atoms with Crippen LogP contribution in [-0.4, -0.2) is 22.0 Å². The third-order valence-corrected chi connectivity index (χ3v) is 2.88. The Hall–Kier alpha value is -2.29. The molecule has 1 aromatic heterocycles. The molecule has 2 N–H and O–H groups in total. The van der Waals surface area contributed by atoms with Gasteiger partial charge in [-0.15, -0.1) is 0 Å². The van der Waals surface area contributed by atoms with E-state index in [0.29, 0.717) is 6.42 Å². The van der Waals surface area contributed by atoms with Crippen LogP contribution in [0.2, 0.25) is 0 Å². The SMILES string of the molecule is CC.CCCCC(=O)NCC#Cc1cn(C(C)C)c(=O)[nH]c1=O. The van der Waals surface area contributed by atoms with E-state index in [2.05, 4.69) is 22.1 Å². The summed E-state index contributed by atoms with van der Waals surface area (Å²) in [6.07, 6.45) is 3.73. The van der Waals surface area contributed by atoms with Crippen LogP contribution in [-0.2, 0) is 4.79 Å². The van der Waals surface area contributed by atoms with Gasteiger partial charge in [-0.25, -0.2) is 4.79 Å². The van der Waals surface area contributed by atoms with Crippen LogP contribution in [0.5, 0.6) is 0 Å². The van der Waals surface area contributed by atoms with Gasteiger partial charge in [0.15, 0.2) is 0 Å². The highest BCUT2D eigenvalue weighted by Crippen LogP contribution is 1.98. The second-order valence-corrected chi connectivity index (χ2v) is 4.99. The number of hydrogen-bond donors (Lipinski definition) is 2. The fraction of sp³-hybridized carbons (Fsp3) is 0.588. The molecular weight excluding hydrogens is 294 g/mol. The van der Waals surface area contributed by atoms with Crippen molar-refractivity contribution in [2.45, 2.75) is 59.9 Å². The molecule has 1 aromatic rings. The number of carbonyl (C=O) groups excluding carboxylic acids is 1. The van der Waals surface area contributed by atoms with Crippen LogP contribution in [0.4, 0.5) is 0 Å². The molecule has 0 unspecified atom stereocenters. The first-order valence-corrected chi connectivity index (χ1v) is 8.06. The topological polar surface area (TPSA) is 84.0 Å². The first-order chi connectivity index (χ1) is 11.0. The Morgan fingerprint density at radius 2 is 2.00 bits per heavy atom. The summed E-state index contributed by atoms with van der Waals surface area (Å²) in [5.41, 5.74) is -0.749. The van der Waals surface area contributed by atoms with E-state index in [1.165, 1.54) is 10.8 Å². The molecule has 0 saturated heterocycles. The number of rotatable bonds is 5. The van der Waals surface area contributed by atoms with Gasteiger partial charge in [-0.3, -0.25) is 19.1 Å². The largest absolute Gasteiger partial charge is 0.345 e. The van der Waals surface area contributed by atoms with Crippen LogP contribution < -0.4 is 16.6 Å². The normalized spacial score (nSPS) is 9.48. The lowest BCUT2D eigenvalue weighted by atomic mass is 10.2. The number of unbranched alkanes of at least 4 members (excludes halogenated alkanes) is 1. The molecule has 23 heavy (non-hydrogen) atoms. The number of nitrogens with zero attached hydrogens (tertiary/aromatic N) is 1. The lowest BCUT2D eigenvalue weighted by molar-refractivity contribution is -0.120. The van der Waals surface area contributed by atoms with Gasteiger partial charge in [0.1, 0.15) is 5.56 Å². The Kier molecular flexibility index (Phi) is 10.2. The van der Waals surface area contributed by atoms with Crippen molar-refractivity contribution in [1.29, 1.82) is 0 Å². The van der Waals surface area contributed by atoms with Crippen LogP contribution in [0.15, 0.2) is 15.8 Å². The van der Waals surface area contributed by atoms with E-state index in [1.807, 2.05) is 34.6 Å². The summed E-state index contributed by atoms with van der Waals surface area (Å²) in [6.45, 7) is 9.88. The van der Waals surface area contributed by atoms with Crippen molar-refractivity contribution in [1.82, 2.24) is 14.9 Å². The molecule has 0 bridgehead atoms. The van der Waals surface area contributed by atoms with Gasteiger partial charge in [0, 0.05) is 18.7 Å². The minimum Gasteiger partial charge on any atom is -0.345 e. The van der Waals surface area contributed by atoms with Crippen molar-refractivity contribution in [2.75, 3.05) is 6.54 Å². The van der Waals surface area contributed by atoms with Crippen molar-refractivity contribution in [2.24, 2.45) is 0 Å². The van der Waals surface area contributed by atoms with Gasteiger partial charge in [-0.05, 0) is 20.3 Å². The monoisotopic (exact) mass is 321 g/mol. The van der Waals surface area contributed by atoms with Crippen LogP contribution in [0.25, 0.3) is 0 Å². The maximum Gasteiger partial charge on any atom is 0.328 e. The lowest BCUT2D eigenvalue weighted by Gasteiger charge is -2.08. The molecule has 128 valence electrons. The minimum atomic E-state index is -0.512. The highest BCUT2D eigenvalue weighted by Gasteiger charge is 2.05. The molecule has 0 spiro atoms. The van der Waals surface area contributed by atoms with Gasteiger partial charge >= 0.3 is 5.69 Å². The quantitative estimate of drug-likeness (QED) is 0.811. The molecule has 1 heterocycles. The predicted octanol–water partition coefficient (Wildman–Crippen LogP) is 1.80. The summed E-state index contributed by atoms with van der Waals surface area (Å²) in [5, 5.41) is 2.66. The zero-order chi connectivity index (χ0) is 17.8. The van der Waals surface area contributed by atoms with E-state index in [-0.39, 0.29) is 24.1 Å². The smallest absolute Gasteiger partial charge is 0.328 e. The van der Waals surface area contributed by atoms with Crippen molar-refractivity contribution in [3.63, 3.8) is 0 Å². The first kappa shape index (κ1) is 20.7. The average Bonchev–Trinajstić information content (AvgIpc) is 2.52. The fourth-order valence-electron chi connectivity index (χ4n) is 1.67. The molecule has 6 heteroatoms. The zero-order valence-corrected chi connectivity index (χ0v) is 14.7. The van der Waals surface area contributed by atoms with E-state index in [9.17, 15) is 14.4 Å². The number of nitrogens with one attached hydrogen (secondary N) is 2.